The van der Waals surface area contributed by atoms with E-state index in [1.165, 1.54) is 0 Å². The largest absolute Gasteiger partial charge is 0.481 e. The molecule has 0 spiro atoms. The SMILES string of the molecule is CCC[C@H](Oc1cc2onc(CCC(=O)O)c2cc1Cl)c1ncc(C)cn1. The van der Waals surface area contributed by atoms with Crippen LogP contribution in [0.3, 0.4) is 0 Å². The summed E-state index contributed by atoms with van der Waals surface area (Å²) in [5, 5.41) is 13.9. The van der Waals surface area contributed by atoms with Gasteiger partial charge in [-0.1, -0.05) is 30.1 Å². The standard InChI is InChI=1S/C19H20ClN3O4/c1-3-4-15(19-21-9-11(2)10-22-19)26-17-8-16-12(7-13(17)20)14(23-27-16)5-6-18(24)25/h7-10,15H,3-6H2,1-2H3,(H,24,25)/t15-/m0/s1. The molecule has 0 saturated heterocycles. The van der Waals surface area contributed by atoms with E-state index >= 15 is 0 Å². The molecule has 7 nitrogen and oxygen atoms in total. The van der Waals surface area contributed by atoms with E-state index in [0.717, 1.165) is 18.4 Å². The highest BCUT2D eigenvalue weighted by atomic mass is 35.5. The van der Waals surface area contributed by atoms with Gasteiger partial charge in [0.1, 0.15) is 5.75 Å². The quantitative estimate of drug-likeness (QED) is 0.604. The van der Waals surface area contributed by atoms with Gasteiger partial charge in [-0.2, -0.15) is 0 Å². The molecule has 0 fully saturated rings. The van der Waals surface area contributed by atoms with Gasteiger partial charge >= 0.3 is 5.97 Å². The van der Waals surface area contributed by atoms with Crippen molar-refractivity contribution < 1.29 is 19.2 Å². The monoisotopic (exact) mass is 389 g/mol. The molecule has 0 bridgehead atoms. The number of nitrogens with zero attached hydrogens (tertiary/aromatic N) is 3. The van der Waals surface area contributed by atoms with E-state index in [0.29, 0.717) is 33.3 Å². The van der Waals surface area contributed by atoms with Crippen molar-refractivity contribution in [3.05, 3.63) is 46.6 Å². The molecule has 0 saturated carbocycles. The Labute approximate surface area is 161 Å². The number of carboxylic acid groups (broad SMARTS) is 1. The summed E-state index contributed by atoms with van der Waals surface area (Å²) >= 11 is 6.40. The van der Waals surface area contributed by atoms with Crippen LogP contribution in [0.15, 0.2) is 29.0 Å². The average Bonchev–Trinajstić information content (AvgIpc) is 3.02. The number of benzene rings is 1. The minimum absolute atomic E-state index is 0.0269. The Morgan fingerprint density at radius 2 is 2.07 bits per heavy atom. The molecule has 0 unspecified atom stereocenters. The third-order valence-corrected chi connectivity index (χ3v) is 4.38. The number of carbonyl (C=O) groups is 1. The van der Waals surface area contributed by atoms with Crippen LogP contribution in [-0.2, 0) is 11.2 Å². The van der Waals surface area contributed by atoms with Crippen molar-refractivity contribution in [3.63, 3.8) is 0 Å². The van der Waals surface area contributed by atoms with Crippen LogP contribution >= 0.6 is 11.6 Å². The van der Waals surface area contributed by atoms with Gasteiger partial charge in [-0.25, -0.2) is 9.97 Å². The highest BCUT2D eigenvalue weighted by molar-refractivity contribution is 6.32. The van der Waals surface area contributed by atoms with E-state index < -0.39 is 5.97 Å². The molecular weight excluding hydrogens is 370 g/mol. The lowest BCUT2D eigenvalue weighted by Crippen LogP contribution is -2.11. The Kier molecular flexibility index (Phi) is 5.91. The van der Waals surface area contributed by atoms with Crippen molar-refractivity contribution in [2.24, 2.45) is 0 Å². The maximum Gasteiger partial charge on any atom is 0.303 e. The number of hydrogen-bond donors (Lipinski definition) is 1. The number of aromatic nitrogens is 3. The van der Waals surface area contributed by atoms with Crippen molar-refractivity contribution >= 4 is 28.5 Å². The van der Waals surface area contributed by atoms with Crippen molar-refractivity contribution in [2.75, 3.05) is 0 Å². The summed E-state index contributed by atoms with van der Waals surface area (Å²) in [6.45, 7) is 3.98. The zero-order chi connectivity index (χ0) is 19.4. The predicted molar refractivity (Wildman–Crippen MR) is 100 cm³/mol. The average molecular weight is 390 g/mol. The molecule has 0 aliphatic rings. The van der Waals surface area contributed by atoms with Gasteiger partial charge in [0.25, 0.3) is 0 Å². The molecule has 2 heterocycles. The lowest BCUT2D eigenvalue weighted by atomic mass is 10.1. The number of rotatable bonds is 8. The number of carboxylic acids is 1. The Hall–Kier alpha value is -2.67. The number of aliphatic carboxylic acids is 1. The van der Waals surface area contributed by atoms with E-state index in [4.69, 9.17) is 26.0 Å². The fraction of sp³-hybridized carbons (Fsp3) is 0.368. The summed E-state index contributed by atoms with van der Waals surface area (Å²) in [6.07, 6.45) is 5.05. The van der Waals surface area contributed by atoms with E-state index in [2.05, 4.69) is 22.0 Å². The fourth-order valence-electron chi connectivity index (χ4n) is 2.71. The van der Waals surface area contributed by atoms with Gasteiger partial charge in [-0.3, -0.25) is 4.79 Å². The molecular formula is C19H20ClN3O4. The number of ether oxygens (including phenoxy) is 1. The van der Waals surface area contributed by atoms with Crippen molar-refractivity contribution in [2.45, 2.75) is 45.6 Å². The molecule has 1 atom stereocenters. The molecule has 2 aromatic heterocycles. The van der Waals surface area contributed by atoms with Gasteiger partial charge in [0, 0.05) is 30.3 Å². The third-order valence-electron chi connectivity index (χ3n) is 4.08. The Bertz CT molecular complexity index is 940. The third kappa shape index (κ3) is 4.54. The Morgan fingerprint density at radius 1 is 1.33 bits per heavy atom. The molecule has 1 aromatic carbocycles. The predicted octanol–water partition coefficient (Wildman–Crippen LogP) is 4.52. The number of aryl methyl sites for hydroxylation is 2. The summed E-state index contributed by atoms with van der Waals surface area (Å²) in [5.41, 5.74) is 2.03. The zero-order valence-corrected chi connectivity index (χ0v) is 15.9. The topological polar surface area (TPSA) is 98.3 Å². The highest BCUT2D eigenvalue weighted by Gasteiger charge is 2.19. The van der Waals surface area contributed by atoms with Crippen LogP contribution in [0.5, 0.6) is 5.75 Å². The Morgan fingerprint density at radius 3 is 2.74 bits per heavy atom. The maximum absolute atomic E-state index is 10.8. The molecule has 0 aliphatic heterocycles. The van der Waals surface area contributed by atoms with Crippen molar-refractivity contribution in [1.82, 2.24) is 15.1 Å². The van der Waals surface area contributed by atoms with E-state index in [-0.39, 0.29) is 18.9 Å². The normalized spacial score (nSPS) is 12.3. The maximum atomic E-state index is 10.8. The van der Waals surface area contributed by atoms with Gasteiger partial charge in [-0.05, 0) is 25.0 Å². The molecule has 0 radical (unpaired) electrons. The first-order valence-corrected chi connectivity index (χ1v) is 9.10. The van der Waals surface area contributed by atoms with Crippen LogP contribution in [0, 0.1) is 6.92 Å². The first-order valence-electron chi connectivity index (χ1n) is 8.72. The van der Waals surface area contributed by atoms with Crippen LogP contribution in [-0.4, -0.2) is 26.2 Å². The van der Waals surface area contributed by atoms with Gasteiger partial charge in [-0.15, -0.1) is 0 Å². The summed E-state index contributed by atoms with van der Waals surface area (Å²) in [7, 11) is 0. The van der Waals surface area contributed by atoms with Crippen LogP contribution in [0.2, 0.25) is 5.02 Å². The molecule has 3 aromatic rings. The molecule has 8 heteroatoms. The van der Waals surface area contributed by atoms with Crippen molar-refractivity contribution in [1.29, 1.82) is 0 Å². The second-order valence-electron chi connectivity index (χ2n) is 6.32. The van der Waals surface area contributed by atoms with E-state index in [1.807, 2.05) is 6.92 Å². The lowest BCUT2D eigenvalue weighted by Gasteiger charge is -2.18. The second kappa shape index (κ2) is 8.35. The molecule has 0 aliphatic carbocycles. The number of hydrogen-bond acceptors (Lipinski definition) is 6. The first-order chi connectivity index (χ1) is 13.0. The molecule has 1 N–H and O–H groups in total. The van der Waals surface area contributed by atoms with Gasteiger partial charge < -0.3 is 14.4 Å². The number of fused-ring (bicyclic) bond motifs is 1. The van der Waals surface area contributed by atoms with Crippen molar-refractivity contribution in [3.8, 4) is 5.75 Å². The minimum atomic E-state index is -0.891. The number of halogens is 1. The van der Waals surface area contributed by atoms with E-state index in [9.17, 15) is 4.79 Å². The van der Waals surface area contributed by atoms with Gasteiger partial charge in [0.2, 0.25) is 0 Å². The van der Waals surface area contributed by atoms with Crippen LogP contribution < -0.4 is 4.74 Å². The van der Waals surface area contributed by atoms with Gasteiger partial charge in [0.05, 0.1) is 17.1 Å². The summed E-state index contributed by atoms with van der Waals surface area (Å²) in [5.74, 6) is 0.156. The highest BCUT2D eigenvalue weighted by Crippen LogP contribution is 2.35. The molecule has 0 amide bonds. The summed E-state index contributed by atoms with van der Waals surface area (Å²) in [6, 6.07) is 3.37. The lowest BCUT2D eigenvalue weighted by molar-refractivity contribution is -0.136. The zero-order valence-electron chi connectivity index (χ0n) is 15.1. The molecule has 142 valence electrons. The Balaban J connectivity index is 1.87. The smallest absolute Gasteiger partial charge is 0.303 e. The summed E-state index contributed by atoms with van der Waals surface area (Å²) in [4.78, 5) is 19.5. The summed E-state index contributed by atoms with van der Waals surface area (Å²) < 4.78 is 11.4. The van der Waals surface area contributed by atoms with Crippen LogP contribution in [0.1, 0.15) is 49.4 Å². The minimum Gasteiger partial charge on any atom is -0.481 e. The van der Waals surface area contributed by atoms with Crippen LogP contribution in [0.25, 0.3) is 11.0 Å². The molecule has 27 heavy (non-hydrogen) atoms. The first kappa shape index (κ1) is 19.1. The fourth-order valence-corrected chi connectivity index (χ4v) is 2.92. The molecule has 3 rings (SSSR count). The van der Waals surface area contributed by atoms with Crippen LogP contribution in [0.4, 0.5) is 0 Å². The van der Waals surface area contributed by atoms with Gasteiger partial charge in [0.15, 0.2) is 17.5 Å². The van der Waals surface area contributed by atoms with E-state index in [1.54, 1.807) is 24.5 Å². The second-order valence-corrected chi connectivity index (χ2v) is 6.72.